The molecule has 2 heterocycles. The summed E-state index contributed by atoms with van der Waals surface area (Å²) < 4.78 is 79.4. The highest BCUT2D eigenvalue weighted by Gasteiger charge is 2.38. The van der Waals surface area contributed by atoms with Gasteiger partial charge >= 0.3 is 30.3 Å². The number of aryl methyl sites for hydroxylation is 1. The summed E-state index contributed by atoms with van der Waals surface area (Å²) in [7, 11) is 0. The van der Waals surface area contributed by atoms with Gasteiger partial charge in [0.05, 0.1) is 5.56 Å². The minimum Gasteiger partial charge on any atom is -0.478 e. The van der Waals surface area contributed by atoms with Gasteiger partial charge in [-0.3, -0.25) is 0 Å². The van der Waals surface area contributed by atoms with Crippen LogP contribution in [0.1, 0.15) is 15.9 Å². The molecule has 0 unspecified atom stereocenters. The van der Waals surface area contributed by atoms with E-state index in [1.54, 1.807) is 37.4 Å². The predicted molar refractivity (Wildman–Crippen MR) is 102 cm³/mol. The zero-order valence-electron chi connectivity index (χ0n) is 17.0. The van der Waals surface area contributed by atoms with Gasteiger partial charge in [-0.15, -0.1) is 5.10 Å². The first-order valence-electron chi connectivity index (χ1n) is 8.61. The molecule has 0 saturated carbocycles. The first-order valence-corrected chi connectivity index (χ1v) is 8.61. The molecule has 0 fully saturated rings. The maximum Gasteiger partial charge on any atom is 0.490 e. The van der Waals surface area contributed by atoms with E-state index in [4.69, 9.17) is 30.6 Å². The van der Waals surface area contributed by atoms with Crippen LogP contribution in [-0.2, 0) is 9.59 Å². The Morgan fingerprint density at radius 1 is 0.943 bits per heavy atom. The molecule has 17 heteroatoms. The van der Waals surface area contributed by atoms with E-state index in [-0.39, 0.29) is 17.1 Å². The normalized spacial score (nSPS) is 11.1. The topological polar surface area (TPSA) is 168 Å². The fourth-order valence-electron chi connectivity index (χ4n) is 2.22. The number of nitrogen functional groups attached to an aromatic ring is 1. The second-order valence-electron chi connectivity index (χ2n) is 6.22. The maximum absolute atomic E-state index is 14.4. The van der Waals surface area contributed by atoms with E-state index in [1.807, 2.05) is 0 Å². The zero-order chi connectivity index (χ0) is 27.3. The molecule has 0 bridgehead atoms. The summed E-state index contributed by atoms with van der Waals surface area (Å²) in [5, 5.41) is 27.3. The number of carbonyl (C=O) groups is 3. The van der Waals surface area contributed by atoms with Gasteiger partial charge < -0.3 is 21.1 Å². The lowest BCUT2D eigenvalue weighted by molar-refractivity contribution is -0.193. The van der Waals surface area contributed by atoms with Crippen LogP contribution in [0.3, 0.4) is 0 Å². The number of anilines is 1. The third-order valence-corrected chi connectivity index (χ3v) is 3.71. The first kappa shape index (κ1) is 28.6. The van der Waals surface area contributed by atoms with Crippen molar-refractivity contribution in [3.05, 3.63) is 47.4 Å². The van der Waals surface area contributed by atoms with Crippen LogP contribution in [0.5, 0.6) is 0 Å². The van der Waals surface area contributed by atoms with Crippen molar-refractivity contribution in [2.75, 3.05) is 5.73 Å². The van der Waals surface area contributed by atoms with Crippen molar-refractivity contribution < 1.29 is 60.4 Å². The Morgan fingerprint density at radius 2 is 1.43 bits per heavy atom. The van der Waals surface area contributed by atoms with Crippen LogP contribution < -0.4 is 5.73 Å². The van der Waals surface area contributed by atoms with E-state index in [9.17, 15) is 35.5 Å². The quantitative estimate of drug-likeness (QED) is 0.375. The number of halogens is 7. The fraction of sp³-hybridized carbons (Fsp3) is 0.167. The number of pyridine rings is 1. The average molecular weight is 514 g/mol. The molecule has 3 rings (SSSR count). The summed E-state index contributed by atoms with van der Waals surface area (Å²) in [6.07, 6.45) is -8.58. The van der Waals surface area contributed by atoms with Crippen LogP contribution in [0.4, 0.5) is 36.7 Å². The summed E-state index contributed by atoms with van der Waals surface area (Å²) in [6, 6.07) is 6.34. The second kappa shape index (κ2) is 10.7. The van der Waals surface area contributed by atoms with Gasteiger partial charge in [0.1, 0.15) is 5.82 Å². The standard InChI is InChI=1S/C14H11FN4O2.2C2HF3O2/c1-7-2-3-9(12(15)11(7)13(20)21)8-4-5-19-10(6-8)17-14(16)18-19;2*3-2(4,5)1(6)7/h2-6H,1H3,(H2,16,18)(H,20,21);2*(H,6,7). The van der Waals surface area contributed by atoms with Crippen molar-refractivity contribution in [3.63, 3.8) is 0 Å². The Hall–Kier alpha value is -4.44. The van der Waals surface area contributed by atoms with Crippen molar-refractivity contribution in [1.29, 1.82) is 0 Å². The number of nitrogens with two attached hydrogens (primary N) is 1. The Balaban J connectivity index is 0.000000362. The number of carboxylic acids is 3. The smallest absolute Gasteiger partial charge is 0.478 e. The average Bonchev–Trinajstić information content (AvgIpc) is 3.06. The monoisotopic (exact) mass is 514 g/mol. The summed E-state index contributed by atoms with van der Waals surface area (Å²) in [5.74, 6) is -7.46. The van der Waals surface area contributed by atoms with Crippen molar-refractivity contribution in [2.24, 2.45) is 0 Å². The third kappa shape index (κ3) is 7.83. The van der Waals surface area contributed by atoms with E-state index in [2.05, 4.69) is 10.1 Å². The predicted octanol–water partition coefficient (Wildman–Crippen LogP) is 3.39. The minimum absolute atomic E-state index is 0.114. The number of rotatable bonds is 2. The first-order chi connectivity index (χ1) is 15.9. The van der Waals surface area contributed by atoms with Crippen LogP contribution >= 0.6 is 0 Å². The van der Waals surface area contributed by atoms with Crippen LogP contribution in [0.15, 0.2) is 30.5 Å². The van der Waals surface area contributed by atoms with Crippen molar-refractivity contribution >= 4 is 29.5 Å². The van der Waals surface area contributed by atoms with Crippen LogP contribution in [0.2, 0.25) is 0 Å². The molecule has 0 radical (unpaired) electrons. The van der Waals surface area contributed by atoms with E-state index < -0.39 is 36.1 Å². The fourth-order valence-corrected chi connectivity index (χ4v) is 2.22. The van der Waals surface area contributed by atoms with Crippen LogP contribution in [0, 0.1) is 12.7 Å². The lowest BCUT2D eigenvalue weighted by Gasteiger charge is -2.08. The van der Waals surface area contributed by atoms with E-state index in [0.717, 1.165) is 0 Å². The molecule has 35 heavy (non-hydrogen) atoms. The third-order valence-electron chi connectivity index (χ3n) is 3.71. The SMILES string of the molecule is Cc1ccc(-c2ccn3nc(N)nc3c2)c(F)c1C(=O)O.O=C(O)C(F)(F)F.O=C(O)C(F)(F)F. The molecule has 1 aromatic carbocycles. The molecule has 5 N–H and O–H groups in total. The van der Waals surface area contributed by atoms with Gasteiger partial charge in [-0.1, -0.05) is 12.1 Å². The molecule has 0 spiro atoms. The van der Waals surface area contributed by atoms with Gasteiger partial charge in [0.25, 0.3) is 0 Å². The number of aromatic nitrogens is 3. The molecule has 3 aromatic rings. The molecule has 0 aliphatic heterocycles. The molecule has 0 aliphatic rings. The van der Waals surface area contributed by atoms with Gasteiger partial charge in [-0.2, -0.15) is 31.3 Å². The highest BCUT2D eigenvalue weighted by atomic mass is 19.4. The van der Waals surface area contributed by atoms with Crippen molar-refractivity contribution in [2.45, 2.75) is 19.3 Å². The summed E-state index contributed by atoms with van der Waals surface area (Å²) >= 11 is 0. The van der Waals surface area contributed by atoms with E-state index in [0.29, 0.717) is 16.8 Å². The summed E-state index contributed by atoms with van der Waals surface area (Å²) in [6.45, 7) is 1.55. The van der Waals surface area contributed by atoms with Crippen LogP contribution in [0.25, 0.3) is 16.8 Å². The van der Waals surface area contributed by atoms with Crippen molar-refractivity contribution in [3.8, 4) is 11.1 Å². The lowest BCUT2D eigenvalue weighted by Crippen LogP contribution is -2.21. The Labute approximate surface area is 189 Å². The van der Waals surface area contributed by atoms with E-state index in [1.165, 1.54) is 4.52 Å². The number of hydrogen-bond donors (Lipinski definition) is 4. The molecule has 0 saturated heterocycles. The molecule has 0 atom stereocenters. The molecule has 190 valence electrons. The molecular weight excluding hydrogens is 501 g/mol. The summed E-state index contributed by atoms with van der Waals surface area (Å²) in [4.78, 5) is 32.9. The molecular formula is C18H13F7N4O6. The Kier molecular flexibility index (Phi) is 8.71. The van der Waals surface area contributed by atoms with Gasteiger partial charge in [-0.05, 0) is 30.2 Å². The number of aromatic carboxylic acids is 1. The molecule has 0 aliphatic carbocycles. The second-order valence-corrected chi connectivity index (χ2v) is 6.22. The summed E-state index contributed by atoms with van der Waals surface area (Å²) in [5.41, 5.74) is 6.71. The minimum atomic E-state index is -5.08. The highest BCUT2D eigenvalue weighted by molar-refractivity contribution is 5.91. The molecule has 10 nitrogen and oxygen atoms in total. The van der Waals surface area contributed by atoms with E-state index >= 15 is 0 Å². The van der Waals surface area contributed by atoms with Gasteiger partial charge in [0, 0.05) is 11.8 Å². The maximum atomic E-state index is 14.4. The van der Waals surface area contributed by atoms with Gasteiger partial charge in [0.2, 0.25) is 5.95 Å². The van der Waals surface area contributed by atoms with Gasteiger partial charge in [-0.25, -0.2) is 23.3 Å². The Morgan fingerprint density at radius 3 is 1.86 bits per heavy atom. The van der Waals surface area contributed by atoms with Crippen LogP contribution in [-0.4, -0.2) is 60.2 Å². The van der Waals surface area contributed by atoms with Crippen molar-refractivity contribution in [1.82, 2.24) is 14.6 Å². The number of fused-ring (bicyclic) bond motifs is 1. The zero-order valence-corrected chi connectivity index (χ0v) is 17.0. The number of nitrogens with zero attached hydrogens (tertiary/aromatic N) is 3. The number of hydrogen-bond acceptors (Lipinski definition) is 6. The Bertz CT molecular complexity index is 1230. The number of aliphatic carboxylic acids is 2. The highest BCUT2D eigenvalue weighted by Crippen LogP contribution is 2.28. The molecule has 0 amide bonds. The lowest BCUT2D eigenvalue weighted by atomic mass is 9.99. The number of alkyl halides is 6. The van der Waals surface area contributed by atoms with Gasteiger partial charge in [0.15, 0.2) is 5.65 Å². The number of benzene rings is 1. The molecule has 2 aromatic heterocycles. The number of carboxylic acid groups (broad SMARTS) is 3. The largest absolute Gasteiger partial charge is 0.490 e.